The largest absolute Gasteiger partial charge is 0.416 e. The molecule has 5 nitrogen and oxygen atoms in total. The van der Waals surface area contributed by atoms with Gasteiger partial charge in [0.05, 0.1) is 11.8 Å². The molecule has 0 unspecified atom stereocenters. The molecule has 2 aromatic rings. The maximum Gasteiger partial charge on any atom is 0.281 e. The minimum Gasteiger partial charge on any atom is -0.416 e. The van der Waals surface area contributed by atoms with Crippen molar-refractivity contribution in [2.24, 2.45) is 0 Å². The fraction of sp³-hybridized carbons (Fsp3) is 0.300. The van der Waals surface area contributed by atoms with Crippen LogP contribution in [0.2, 0.25) is 0 Å². The van der Waals surface area contributed by atoms with Crippen LogP contribution in [0.3, 0.4) is 0 Å². The Labute approximate surface area is 96.9 Å². The summed E-state index contributed by atoms with van der Waals surface area (Å²) >= 11 is 1.34. The maximum atomic E-state index is 9.30. The molecule has 0 aromatic carbocycles. The van der Waals surface area contributed by atoms with Crippen LogP contribution in [0.5, 0.6) is 0 Å². The molecule has 0 radical (unpaired) electrons. The van der Waals surface area contributed by atoms with E-state index in [1.54, 1.807) is 26.1 Å². The second kappa shape index (κ2) is 4.63. The molecule has 0 aliphatic rings. The topological polar surface area (TPSA) is 72.0 Å². The monoisotopic (exact) mass is 237 g/mol. The van der Waals surface area contributed by atoms with Crippen molar-refractivity contribution >= 4 is 11.8 Å². The first-order valence-electron chi connectivity index (χ1n) is 4.77. The van der Waals surface area contributed by atoms with E-state index in [1.807, 2.05) is 6.07 Å². The van der Waals surface area contributed by atoms with Crippen LogP contribution in [0, 0.1) is 6.92 Å². The highest BCUT2D eigenvalue weighted by atomic mass is 32.2. The molecule has 16 heavy (non-hydrogen) atoms. The summed E-state index contributed by atoms with van der Waals surface area (Å²) in [6.07, 6.45) is 1.12. The third-order valence-electron chi connectivity index (χ3n) is 1.90. The summed E-state index contributed by atoms with van der Waals surface area (Å²) in [5.41, 5.74) is 0.644. The Hall–Kier alpha value is -1.40. The average Bonchev–Trinajstić information content (AvgIpc) is 2.65. The van der Waals surface area contributed by atoms with Gasteiger partial charge in [-0.25, -0.2) is 0 Å². The van der Waals surface area contributed by atoms with Crippen molar-refractivity contribution in [3.05, 3.63) is 29.9 Å². The van der Waals surface area contributed by atoms with Crippen molar-refractivity contribution in [2.45, 2.75) is 30.1 Å². The third-order valence-corrected chi connectivity index (χ3v) is 2.72. The van der Waals surface area contributed by atoms with Crippen LogP contribution in [0.15, 0.2) is 32.9 Å². The summed E-state index contributed by atoms with van der Waals surface area (Å²) in [5, 5.41) is 17.4. The highest BCUT2D eigenvalue weighted by Gasteiger charge is 2.06. The standard InChI is InChI=1S/C10H11N3O2S/c1-6(14)9-4-3-8(5-11-9)16-10-13-12-7(2)15-10/h3-6,14H,1-2H3/t6-/m0/s1. The van der Waals surface area contributed by atoms with Crippen LogP contribution in [-0.4, -0.2) is 20.3 Å². The van der Waals surface area contributed by atoms with E-state index in [-0.39, 0.29) is 0 Å². The molecule has 6 heteroatoms. The Morgan fingerprint density at radius 1 is 1.38 bits per heavy atom. The molecule has 0 fully saturated rings. The fourth-order valence-electron chi connectivity index (χ4n) is 1.12. The minimum absolute atomic E-state index is 0.490. The quantitative estimate of drug-likeness (QED) is 0.880. The fourth-order valence-corrected chi connectivity index (χ4v) is 1.81. The van der Waals surface area contributed by atoms with Gasteiger partial charge in [-0.05, 0) is 30.8 Å². The minimum atomic E-state index is -0.551. The summed E-state index contributed by atoms with van der Waals surface area (Å²) in [4.78, 5) is 5.02. The number of nitrogens with zero attached hydrogens (tertiary/aromatic N) is 3. The van der Waals surface area contributed by atoms with E-state index in [2.05, 4.69) is 15.2 Å². The van der Waals surface area contributed by atoms with Crippen molar-refractivity contribution in [1.29, 1.82) is 0 Å². The van der Waals surface area contributed by atoms with Crippen LogP contribution in [-0.2, 0) is 0 Å². The van der Waals surface area contributed by atoms with Gasteiger partial charge in [-0.1, -0.05) is 0 Å². The lowest BCUT2D eigenvalue weighted by molar-refractivity contribution is 0.194. The van der Waals surface area contributed by atoms with E-state index in [1.165, 1.54) is 11.8 Å². The van der Waals surface area contributed by atoms with Gasteiger partial charge in [0.2, 0.25) is 5.89 Å². The maximum absolute atomic E-state index is 9.30. The van der Waals surface area contributed by atoms with Gasteiger partial charge >= 0.3 is 0 Å². The SMILES string of the molecule is Cc1nnc(Sc2ccc([C@H](C)O)nc2)o1. The van der Waals surface area contributed by atoms with Gasteiger partial charge < -0.3 is 9.52 Å². The lowest BCUT2D eigenvalue weighted by Crippen LogP contribution is -1.94. The normalized spacial score (nSPS) is 12.7. The Morgan fingerprint density at radius 2 is 2.19 bits per heavy atom. The Balaban J connectivity index is 2.11. The highest BCUT2D eigenvalue weighted by Crippen LogP contribution is 2.26. The van der Waals surface area contributed by atoms with Gasteiger partial charge in [0.1, 0.15) is 0 Å². The van der Waals surface area contributed by atoms with Crippen molar-refractivity contribution in [1.82, 2.24) is 15.2 Å². The van der Waals surface area contributed by atoms with Crippen molar-refractivity contribution in [3.63, 3.8) is 0 Å². The van der Waals surface area contributed by atoms with Gasteiger partial charge in [0, 0.05) is 18.0 Å². The number of hydrogen-bond donors (Lipinski definition) is 1. The molecule has 0 bridgehead atoms. The van der Waals surface area contributed by atoms with E-state index in [0.717, 1.165) is 4.90 Å². The summed E-state index contributed by atoms with van der Waals surface area (Å²) in [6.45, 7) is 3.42. The van der Waals surface area contributed by atoms with E-state index >= 15 is 0 Å². The molecule has 0 aliphatic heterocycles. The second-order valence-electron chi connectivity index (χ2n) is 3.28. The number of aliphatic hydroxyl groups excluding tert-OH is 1. The van der Waals surface area contributed by atoms with E-state index in [4.69, 9.17) is 4.42 Å². The molecule has 1 N–H and O–H groups in total. The molecule has 1 atom stereocenters. The van der Waals surface area contributed by atoms with Gasteiger partial charge in [0.25, 0.3) is 5.22 Å². The number of hydrogen-bond acceptors (Lipinski definition) is 6. The van der Waals surface area contributed by atoms with Crippen LogP contribution >= 0.6 is 11.8 Å². The van der Waals surface area contributed by atoms with Crippen LogP contribution in [0.4, 0.5) is 0 Å². The molecule has 0 amide bonds. The van der Waals surface area contributed by atoms with E-state index in [0.29, 0.717) is 16.8 Å². The highest BCUT2D eigenvalue weighted by molar-refractivity contribution is 7.99. The molecular weight excluding hydrogens is 226 g/mol. The zero-order chi connectivity index (χ0) is 11.5. The number of pyridine rings is 1. The summed E-state index contributed by atoms with van der Waals surface area (Å²) < 4.78 is 5.23. The zero-order valence-electron chi connectivity index (χ0n) is 8.91. The molecule has 0 saturated carbocycles. The molecule has 0 aliphatic carbocycles. The Morgan fingerprint density at radius 3 is 2.69 bits per heavy atom. The summed E-state index contributed by atoms with van der Waals surface area (Å²) in [5.74, 6) is 0.538. The van der Waals surface area contributed by atoms with Crippen molar-refractivity contribution < 1.29 is 9.52 Å². The molecule has 2 rings (SSSR count). The first-order valence-corrected chi connectivity index (χ1v) is 5.59. The van der Waals surface area contributed by atoms with Crippen molar-refractivity contribution in [3.8, 4) is 0 Å². The van der Waals surface area contributed by atoms with Gasteiger partial charge in [-0.3, -0.25) is 4.98 Å². The third kappa shape index (κ3) is 2.59. The zero-order valence-corrected chi connectivity index (χ0v) is 9.73. The molecular formula is C10H11N3O2S. The number of aryl methyl sites for hydroxylation is 1. The van der Waals surface area contributed by atoms with Crippen molar-refractivity contribution in [2.75, 3.05) is 0 Å². The average molecular weight is 237 g/mol. The smallest absolute Gasteiger partial charge is 0.281 e. The molecule has 0 saturated heterocycles. The lowest BCUT2D eigenvalue weighted by atomic mass is 10.2. The molecule has 2 heterocycles. The Bertz CT molecular complexity index is 467. The van der Waals surface area contributed by atoms with Crippen LogP contribution in [0.25, 0.3) is 0 Å². The first-order chi connectivity index (χ1) is 7.65. The number of aliphatic hydroxyl groups is 1. The second-order valence-corrected chi connectivity index (χ2v) is 4.31. The summed E-state index contributed by atoms with van der Waals surface area (Å²) in [7, 11) is 0. The Kier molecular flexibility index (Phi) is 3.21. The van der Waals surface area contributed by atoms with Gasteiger partial charge in [0.15, 0.2) is 0 Å². The van der Waals surface area contributed by atoms with E-state index in [9.17, 15) is 5.11 Å². The van der Waals surface area contributed by atoms with E-state index < -0.39 is 6.10 Å². The predicted octanol–water partition coefficient (Wildman–Crippen LogP) is 1.98. The molecule has 2 aromatic heterocycles. The summed E-state index contributed by atoms with van der Waals surface area (Å²) in [6, 6.07) is 3.63. The molecule has 0 spiro atoms. The van der Waals surface area contributed by atoms with Gasteiger partial charge in [-0.2, -0.15) is 0 Å². The molecule has 84 valence electrons. The first kappa shape index (κ1) is 11.1. The van der Waals surface area contributed by atoms with Gasteiger partial charge in [-0.15, -0.1) is 10.2 Å². The van der Waals surface area contributed by atoms with Crippen LogP contribution < -0.4 is 0 Å². The number of aromatic nitrogens is 3. The lowest BCUT2D eigenvalue weighted by Gasteiger charge is -2.03. The predicted molar refractivity (Wildman–Crippen MR) is 58.0 cm³/mol. The van der Waals surface area contributed by atoms with Crippen LogP contribution in [0.1, 0.15) is 24.6 Å². The number of rotatable bonds is 3.